The van der Waals surface area contributed by atoms with Gasteiger partial charge < -0.3 is 15.4 Å². The maximum absolute atomic E-state index is 12.0. The molecule has 0 spiro atoms. The van der Waals surface area contributed by atoms with Gasteiger partial charge in [-0.3, -0.25) is 4.99 Å². The molecule has 0 unspecified atom stereocenters. The summed E-state index contributed by atoms with van der Waals surface area (Å²) >= 11 is 0. The van der Waals surface area contributed by atoms with Crippen molar-refractivity contribution in [2.45, 2.75) is 13.0 Å². The van der Waals surface area contributed by atoms with Gasteiger partial charge in [0.15, 0.2) is 12.6 Å². The lowest BCUT2D eigenvalue weighted by Gasteiger charge is -2.09. The second-order valence-electron chi connectivity index (χ2n) is 3.35. The second kappa shape index (κ2) is 7.41. The second-order valence-corrected chi connectivity index (χ2v) is 3.35. The van der Waals surface area contributed by atoms with Gasteiger partial charge >= 0.3 is 0 Å². The van der Waals surface area contributed by atoms with Crippen molar-refractivity contribution in [3.05, 3.63) is 23.9 Å². The molecule has 2 N–H and O–H groups in total. The Labute approximate surface area is 104 Å². The molecule has 100 valence electrons. The predicted molar refractivity (Wildman–Crippen MR) is 65.0 cm³/mol. The van der Waals surface area contributed by atoms with E-state index in [1.165, 1.54) is 0 Å². The molecule has 1 aromatic rings. The summed E-state index contributed by atoms with van der Waals surface area (Å²) in [4.78, 5) is 8.02. The van der Waals surface area contributed by atoms with Crippen LogP contribution in [-0.2, 0) is 6.54 Å². The van der Waals surface area contributed by atoms with Crippen molar-refractivity contribution in [3.8, 4) is 5.88 Å². The Kier molecular flexibility index (Phi) is 5.83. The van der Waals surface area contributed by atoms with Gasteiger partial charge in [0.05, 0.1) is 12.2 Å². The number of hydrogen-bond acceptors (Lipinski definition) is 3. The first kappa shape index (κ1) is 14.1. The Morgan fingerprint density at radius 1 is 1.50 bits per heavy atom. The van der Waals surface area contributed by atoms with Crippen LogP contribution < -0.4 is 15.4 Å². The van der Waals surface area contributed by atoms with Crippen LogP contribution in [0.15, 0.2) is 23.2 Å². The van der Waals surface area contributed by atoms with E-state index in [1.54, 1.807) is 32.3 Å². The van der Waals surface area contributed by atoms with E-state index >= 15 is 0 Å². The Bertz CT molecular complexity index is 398. The molecule has 0 saturated carbocycles. The number of nitrogens with zero attached hydrogens (tertiary/aromatic N) is 2. The van der Waals surface area contributed by atoms with Crippen LogP contribution >= 0.6 is 0 Å². The molecule has 1 rings (SSSR count). The Hall–Kier alpha value is -1.92. The van der Waals surface area contributed by atoms with Crippen molar-refractivity contribution < 1.29 is 13.5 Å². The fourth-order valence-corrected chi connectivity index (χ4v) is 1.24. The Balaban J connectivity index is 2.54. The first-order valence-corrected chi connectivity index (χ1v) is 5.41. The van der Waals surface area contributed by atoms with Gasteiger partial charge in [0.25, 0.3) is 6.43 Å². The Morgan fingerprint density at radius 2 is 2.28 bits per heavy atom. The van der Waals surface area contributed by atoms with Crippen molar-refractivity contribution in [2.75, 3.05) is 20.7 Å². The zero-order valence-electron chi connectivity index (χ0n) is 10.3. The van der Waals surface area contributed by atoms with Gasteiger partial charge in [0.1, 0.15) is 0 Å². The van der Waals surface area contributed by atoms with E-state index in [1.807, 2.05) is 0 Å². The van der Waals surface area contributed by atoms with Crippen LogP contribution in [0.2, 0.25) is 0 Å². The third-order valence-corrected chi connectivity index (χ3v) is 2.04. The van der Waals surface area contributed by atoms with Gasteiger partial charge in [0, 0.05) is 20.2 Å². The largest absolute Gasteiger partial charge is 0.472 e. The number of halogens is 2. The molecule has 0 radical (unpaired) electrons. The summed E-state index contributed by atoms with van der Waals surface area (Å²) in [6.07, 6.45) is -2.50. The lowest BCUT2D eigenvalue weighted by atomic mass is 10.3. The molecule has 0 aliphatic rings. The maximum atomic E-state index is 12.0. The topological polar surface area (TPSA) is 58.5 Å². The van der Waals surface area contributed by atoms with Gasteiger partial charge in [-0.25, -0.2) is 13.8 Å². The van der Waals surface area contributed by atoms with Crippen molar-refractivity contribution in [1.82, 2.24) is 15.6 Å². The van der Waals surface area contributed by atoms with Crippen LogP contribution in [0, 0.1) is 0 Å². The van der Waals surface area contributed by atoms with Crippen molar-refractivity contribution in [1.29, 1.82) is 0 Å². The van der Waals surface area contributed by atoms with Crippen LogP contribution in [0.1, 0.15) is 5.69 Å². The number of pyridine rings is 1. The molecule has 0 aromatic carbocycles. The van der Waals surface area contributed by atoms with Gasteiger partial charge in [-0.05, 0) is 6.07 Å². The van der Waals surface area contributed by atoms with Crippen LogP contribution in [-0.4, -0.2) is 38.1 Å². The summed E-state index contributed by atoms with van der Waals surface area (Å²) in [5.74, 6) is 0.810. The molecule has 0 aliphatic carbocycles. The molecular weight excluding hydrogens is 242 g/mol. The minimum atomic E-state index is -2.50. The summed E-state index contributed by atoms with van der Waals surface area (Å²) in [7, 11) is 3.39. The van der Waals surface area contributed by atoms with Crippen LogP contribution in [0.5, 0.6) is 5.88 Å². The molecule has 18 heavy (non-hydrogen) atoms. The van der Waals surface area contributed by atoms with Crippen molar-refractivity contribution >= 4 is 5.96 Å². The summed E-state index contributed by atoms with van der Waals surface area (Å²) in [5, 5.41) is 5.86. The number of guanidine groups is 1. The monoisotopic (exact) mass is 258 g/mol. The van der Waals surface area contributed by atoms with E-state index in [2.05, 4.69) is 20.6 Å². The molecule has 0 amide bonds. The summed E-state index contributed by atoms with van der Waals surface area (Å²) in [5.41, 5.74) is 0.679. The standard InChI is InChI=1S/C11H16F2N4O/c1-14-11(15-2)16-6-8-4-3-5-10(17-8)18-7-9(12)13/h3-5,9H,6-7H2,1-2H3,(H2,14,15,16). The molecular formula is C11H16F2N4O. The highest BCUT2D eigenvalue weighted by Gasteiger charge is 2.05. The molecule has 0 aliphatic heterocycles. The fraction of sp³-hybridized carbons (Fsp3) is 0.455. The molecule has 1 aromatic heterocycles. The molecule has 0 fully saturated rings. The number of alkyl halides is 2. The van der Waals surface area contributed by atoms with Gasteiger partial charge in [0.2, 0.25) is 5.88 Å². The normalized spacial score (nSPS) is 11.5. The number of aromatic nitrogens is 1. The molecule has 5 nitrogen and oxygen atoms in total. The molecule has 0 bridgehead atoms. The lowest BCUT2D eigenvalue weighted by Crippen LogP contribution is -2.34. The van der Waals surface area contributed by atoms with Gasteiger partial charge in [-0.2, -0.15) is 0 Å². The van der Waals surface area contributed by atoms with Gasteiger partial charge in [-0.15, -0.1) is 0 Å². The third kappa shape index (κ3) is 4.94. The minimum absolute atomic E-state index is 0.189. The zero-order valence-corrected chi connectivity index (χ0v) is 10.3. The lowest BCUT2D eigenvalue weighted by molar-refractivity contribution is 0.0795. The first-order chi connectivity index (χ1) is 8.65. The summed E-state index contributed by atoms with van der Waals surface area (Å²) in [6.45, 7) is -0.221. The average Bonchev–Trinajstić information content (AvgIpc) is 2.38. The van der Waals surface area contributed by atoms with Gasteiger partial charge in [-0.1, -0.05) is 6.07 Å². The van der Waals surface area contributed by atoms with Crippen LogP contribution in [0.4, 0.5) is 8.78 Å². The number of rotatable bonds is 5. The maximum Gasteiger partial charge on any atom is 0.272 e. The van der Waals surface area contributed by atoms with E-state index in [4.69, 9.17) is 4.74 Å². The summed E-state index contributed by atoms with van der Waals surface area (Å²) < 4.78 is 28.8. The number of ether oxygens (including phenoxy) is 1. The number of aliphatic imine (C=N–C) groups is 1. The average molecular weight is 258 g/mol. The number of hydrogen-bond donors (Lipinski definition) is 2. The highest BCUT2D eigenvalue weighted by atomic mass is 19.3. The summed E-state index contributed by atoms with van der Waals surface area (Å²) in [6, 6.07) is 5.01. The molecule has 1 heterocycles. The Morgan fingerprint density at radius 3 is 2.89 bits per heavy atom. The van der Waals surface area contributed by atoms with Crippen molar-refractivity contribution in [2.24, 2.45) is 4.99 Å². The van der Waals surface area contributed by atoms with E-state index in [0.717, 1.165) is 0 Å². The van der Waals surface area contributed by atoms with Crippen LogP contribution in [0.3, 0.4) is 0 Å². The third-order valence-electron chi connectivity index (χ3n) is 2.04. The highest BCUT2D eigenvalue weighted by molar-refractivity contribution is 5.79. The zero-order chi connectivity index (χ0) is 13.4. The fourth-order valence-electron chi connectivity index (χ4n) is 1.24. The van der Waals surface area contributed by atoms with E-state index in [9.17, 15) is 8.78 Å². The smallest absolute Gasteiger partial charge is 0.272 e. The quantitative estimate of drug-likeness (QED) is 0.611. The van der Waals surface area contributed by atoms with E-state index in [-0.39, 0.29) is 5.88 Å². The van der Waals surface area contributed by atoms with Crippen LogP contribution in [0.25, 0.3) is 0 Å². The SMILES string of the molecule is CN=C(NC)NCc1cccc(OCC(F)F)n1. The van der Waals surface area contributed by atoms with E-state index in [0.29, 0.717) is 18.2 Å². The van der Waals surface area contributed by atoms with E-state index < -0.39 is 13.0 Å². The minimum Gasteiger partial charge on any atom is -0.472 e. The highest BCUT2D eigenvalue weighted by Crippen LogP contribution is 2.08. The molecule has 0 saturated heterocycles. The first-order valence-electron chi connectivity index (χ1n) is 5.41. The number of nitrogens with one attached hydrogen (secondary N) is 2. The predicted octanol–water partition coefficient (Wildman–Crippen LogP) is 1.02. The molecule has 7 heteroatoms. The molecule has 0 atom stereocenters. The van der Waals surface area contributed by atoms with Crippen molar-refractivity contribution in [3.63, 3.8) is 0 Å².